The second kappa shape index (κ2) is 7.50. The van der Waals surface area contributed by atoms with E-state index in [-0.39, 0.29) is 16.6 Å². The van der Waals surface area contributed by atoms with E-state index >= 15 is 0 Å². The highest BCUT2D eigenvalue weighted by Crippen LogP contribution is 2.27. The van der Waals surface area contributed by atoms with E-state index in [1.54, 1.807) is 30.6 Å². The molecule has 1 atom stereocenters. The molecule has 0 aromatic heterocycles. The van der Waals surface area contributed by atoms with Crippen molar-refractivity contribution in [1.29, 1.82) is 0 Å². The second-order valence-electron chi connectivity index (χ2n) is 7.02. The Kier molecular flexibility index (Phi) is 5.99. The Morgan fingerprint density at radius 2 is 1.96 bits per heavy atom. The van der Waals surface area contributed by atoms with E-state index in [2.05, 4.69) is 15.9 Å². The number of nitrogens with zero attached hydrogens (tertiary/aromatic N) is 2. The highest BCUT2D eigenvalue weighted by Gasteiger charge is 2.33. The van der Waals surface area contributed by atoms with Gasteiger partial charge in [0.05, 0.1) is 10.6 Å². The van der Waals surface area contributed by atoms with Crippen LogP contribution in [0, 0.1) is 5.82 Å². The largest absolute Gasteiger partial charge is 0.444 e. The lowest BCUT2D eigenvalue weighted by atomic mass is 10.1. The Balaban J connectivity index is 2.10. The van der Waals surface area contributed by atoms with Gasteiger partial charge in [0.15, 0.2) is 0 Å². The van der Waals surface area contributed by atoms with Crippen molar-refractivity contribution in [2.45, 2.75) is 39.3 Å². The van der Waals surface area contributed by atoms with E-state index in [9.17, 15) is 14.0 Å². The molecule has 138 valence electrons. The van der Waals surface area contributed by atoms with Crippen molar-refractivity contribution in [3.63, 3.8) is 0 Å². The molecule has 0 saturated carbocycles. The van der Waals surface area contributed by atoms with Crippen molar-refractivity contribution in [1.82, 2.24) is 9.80 Å². The SMILES string of the molecule is C[C@@H]1CN(C(=O)OC(C)(C)C)CCN1C(=O)c1cc(Br)c(Cl)cc1F. The van der Waals surface area contributed by atoms with Crippen LogP contribution in [0.5, 0.6) is 0 Å². The predicted molar refractivity (Wildman–Crippen MR) is 97.4 cm³/mol. The fourth-order valence-electron chi connectivity index (χ4n) is 2.59. The molecule has 1 aromatic rings. The van der Waals surface area contributed by atoms with Crippen LogP contribution in [0.1, 0.15) is 38.1 Å². The molecule has 2 amide bonds. The van der Waals surface area contributed by atoms with Gasteiger partial charge in [-0.25, -0.2) is 9.18 Å². The molecule has 0 radical (unpaired) electrons. The van der Waals surface area contributed by atoms with Gasteiger partial charge in [0.25, 0.3) is 5.91 Å². The van der Waals surface area contributed by atoms with Crippen LogP contribution >= 0.6 is 27.5 Å². The Labute approximate surface area is 160 Å². The van der Waals surface area contributed by atoms with Crippen molar-refractivity contribution in [2.24, 2.45) is 0 Å². The number of hydrogen-bond donors (Lipinski definition) is 0. The minimum atomic E-state index is -0.667. The molecule has 1 heterocycles. The molecule has 1 saturated heterocycles. The molecule has 2 rings (SSSR count). The van der Waals surface area contributed by atoms with E-state index in [0.717, 1.165) is 6.07 Å². The van der Waals surface area contributed by atoms with Crippen molar-refractivity contribution < 1.29 is 18.7 Å². The van der Waals surface area contributed by atoms with Crippen LogP contribution in [-0.4, -0.2) is 53.1 Å². The third kappa shape index (κ3) is 4.85. The summed E-state index contributed by atoms with van der Waals surface area (Å²) in [5, 5.41) is 0.205. The zero-order chi connectivity index (χ0) is 18.9. The zero-order valence-corrected chi connectivity index (χ0v) is 16.9. The maximum Gasteiger partial charge on any atom is 0.410 e. The number of ether oxygens (including phenoxy) is 1. The first kappa shape index (κ1) is 20.0. The van der Waals surface area contributed by atoms with Gasteiger partial charge in [-0.05, 0) is 55.8 Å². The third-order valence-electron chi connectivity index (χ3n) is 3.78. The molecule has 0 spiro atoms. The van der Waals surface area contributed by atoms with Crippen LogP contribution in [0.2, 0.25) is 5.02 Å². The minimum absolute atomic E-state index is 0.0474. The summed E-state index contributed by atoms with van der Waals surface area (Å²) in [6, 6.07) is 2.23. The van der Waals surface area contributed by atoms with Crippen molar-refractivity contribution >= 4 is 39.5 Å². The summed E-state index contributed by atoms with van der Waals surface area (Å²) in [4.78, 5) is 28.0. The molecule has 1 aliphatic rings. The van der Waals surface area contributed by atoms with Gasteiger partial charge in [-0.15, -0.1) is 0 Å². The topological polar surface area (TPSA) is 49.9 Å². The van der Waals surface area contributed by atoms with E-state index < -0.39 is 23.4 Å². The minimum Gasteiger partial charge on any atom is -0.444 e. The molecule has 1 fully saturated rings. The average molecular weight is 436 g/mol. The standard InChI is InChI=1S/C17H21BrClFN2O3/c1-10-9-21(16(24)25-17(2,3)4)5-6-22(10)15(23)11-7-12(18)13(19)8-14(11)20/h7-8,10H,5-6,9H2,1-4H3/t10-/m1/s1. The first-order valence-electron chi connectivity index (χ1n) is 7.93. The molecule has 0 aliphatic carbocycles. The number of piperazine rings is 1. The van der Waals surface area contributed by atoms with E-state index in [1.165, 1.54) is 6.07 Å². The average Bonchev–Trinajstić information content (AvgIpc) is 2.48. The summed E-state index contributed by atoms with van der Waals surface area (Å²) in [6.45, 7) is 8.19. The lowest BCUT2D eigenvalue weighted by Crippen LogP contribution is -2.56. The highest BCUT2D eigenvalue weighted by molar-refractivity contribution is 9.10. The van der Waals surface area contributed by atoms with Gasteiger partial charge in [0, 0.05) is 30.1 Å². The predicted octanol–water partition coefficient (Wildman–Crippen LogP) is 4.32. The van der Waals surface area contributed by atoms with Gasteiger partial charge in [-0.3, -0.25) is 4.79 Å². The molecule has 0 unspecified atom stereocenters. The fraction of sp³-hybridized carbons (Fsp3) is 0.529. The van der Waals surface area contributed by atoms with E-state index in [1.807, 2.05) is 6.92 Å². The quantitative estimate of drug-likeness (QED) is 0.617. The fourth-order valence-corrected chi connectivity index (χ4v) is 3.09. The molecule has 5 nitrogen and oxygen atoms in total. The van der Waals surface area contributed by atoms with Crippen LogP contribution in [-0.2, 0) is 4.74 Å². The van der Waals surface area contributed by atoms with Crippen molar-refractivity contribution in [3.05, 3.63) is 33.0 Å². The van der Waals surface area contributed by atoms with Crippen LogP contribution < -0.4 is 0 Å². The van der Waals surface area contributed by atoms with Gasteiger partial charge in [-0.1, -0.05) is 11.6 Å². The lowest BCUT2D eigenvalue weighted by Gasteiger charge is -2.40. The molecule has 1 aromatic carbocycles. The highest BCUT2D eigenvalue weighted by atomic mass is 79.9. The number of hydrogen-bond acceptors (Lipinski definition) is 3. The number of carbonyl (C=O) groups is 2. The smallest absolute Gasteiger partial charge is 0.410 e. The summed E-state index contributed by atoms with van der Waals surface area (Å²) in [5.74, 6) is -1.09. The zero-order valence-electron chi connectivity index (χ0n) is 14.6. The first-order chi connectivity index (χ1) is 11.5. The molecule has 1 aliphatic heterocycles. The molecule has 8 heteroatoms. The summed E-state index contributed by atoms with van der Waals surface area (Å²) in [7, 11) is 0. The molecule has 25 heavy (non-hydrogen) atoms. The van der Waals surface area contributed by atoms with E-state index in [4.69, 9.17) is 16.3 Å². The monoisotopic (exact) mass is 434 g/mol. The maximum absolute atomic E-state index is 14.1. The van der Waals surface area contributed by atoms with E-state index in [0.29, 0.717) is 24.1 Å². The maximum atomic E-state index is 14.1. The summed E-state index contributed by atoms with van der Waals surface area (Å²) in [6.07, 6.45) is -0.410. The Bertz CT molecular complexity index is 693. The number of amides is 2. The van der Waals surface area contributed by atoms with Gasteiger partial charge >= 0.3 is 6.09 Å². The van der Waals surface area contributed by atoms with Crippen LogP contribution in [0.4, 0.5) is 9.18 Å². The Morgan fingerprint density at radius 3 is 2.52 bits per heavy atom. The summed E-state index contributed by atoms with van der Waals surface area (Å²) >= 11 is 9.05. The molecule has 0 N–H and O–H groups in total. The van der Waals surface area contributed by atoms with Gasteiger partial charge < -0.3 is 14.5 Å². The number of halogens is 3. The van der Waals surface area contributed by atoms with Crippen LogP contribution in [0.15, 0.2) is 16.6 Å². The van der Waals surface area contributed by atoms with Crippen LogP contribution in [0.3, 0.4) is 0 Å². The second-order valence-corrected chi connectivity index (χ2v) is 8.28. The molecular weight excluding hydrogens is 415 g/mol. The number of carbonyl (C=O) groups excluding carboxylic acids is 2. The van der Waals surface area contributed by atoms with Gasteiger partial charge in [-0.2, -0.15) is 0 Å². The van der Waals surface area contributed by atoms with Gasteiger partial charge in [0.1, 0.15) is 11.4 Å². The Morgan fingerprint density at radius 1 is 1.32 bits per heavy atom. The third-order valence-corrected chi connectivity index (χ3v) is 4.98. The normalized spacial score (nSPS) is 18.3. The van der Waals surface area contributed by atoms with Crippen molar-refractivity contribution in [2.75, 3.05) is 19.6 Å². The molecule has 0 bridgehead atoms. The Hall–Kier alpha value is -1.34. The van der Waals surface area contributed by atoms with Crippen molar-refractivity contribution in [3.8, 4) is 0 Å². The molecular formula is C17H21BrClFN2O3. The summed E-state index contributed by atoms with van der Waals surface area (Å²) in [5.41, 5.74) is -0.625. The van der Waals surface area contributed by atoms with Crippen LogP contribution in [0.25, 0.3) is 0 Å². The van der Waals surface area contributed by atoms with Gasteiger partial charge in [0.2, 0.25) is 0 Å². The lowest BCUT2D eigenvalue weighted by molar-refractivity contribution is 0.00607. The number of rotatable bonds is 1. The number of benzene rings is 1. The first-order valence-corrected chi connectivity index (χ1v) is 9.10. The summed E-state index contributed by atoms with van der Waals surface area (Å²) < 4.78 is 19.9.